The number of rotatable bonds is 4. The van der Waals surface area contributed by atoms with Crippen molar-refractivity contribution < 1.29 is 4.79 Å². The molecule has 128 valence electrons. The molecule has 0 atom stereocenters. The number of carbonyl (C=O) groups is 1. The van der Waals surface area contributed by atoms with Crippen LogP contribution in [0.3, 0.4) is 0 Å². The number of amides is 1. The molecule has 3 nitrogen and oxygen atoms in total. The van der Waals surface area contributed by atoms with Crippen molar-refractivity contribution in [2.75, 3.05) is 5.32 Å². The van der Waals surface area contributed by atoms with Crippen molar-refractivity contribution in [3.05, 3.63) is 82.7 Å². The van der Waals surface area contributed by atoms with Gasteiger partial charge in [0.1, 0.15) is 0 Å². The van der Waals surface area contributed by atoms with Gasteiger partial charge in [-0.3, -0.25) is 4.79 Å². The monoisotopic (exact) mass is 378 g/mol. The van der Waals surface area contributed by atoms with Gasteiger partial charge in [0, 0.05) is 16.0 Å². The van der Waals surface area contributed by atoms with Gasteiger partial charge in [0.05, 0.1) is 12.1 Å². The van der Waals surface area contributed by atoms with Crippen LogP contribution in [0.2, 0.25) is 5.02 Å². The van der Waals surface area contributed by atoms with Crippen LogP contribution in [0.4, 0.5) is 5.13 Å². The lowest BCUT2D eigenvalue weighted by Gasteiger charge is -2.04. The molecule has 4 rings (SSSR count). The van der Waals surface area contributed by atoms with Crippen molar-refractivity contribution in [3.8, 4) is 11.3 Å². The number of hydrogen-bond acceptors (Lipinski definition) is 3. The first-order chi connectivity index (χ1) is 12.7. The van der Waals surface area contributed by atoms with Crippen LogP contribution < -0.4 is 5.32 Å². The number of fused-ring (bicyclic) bond motifs is 1. The van der Waals surface area contributed by atoms with Crippen LogP contribution >= 0.6 is 22.9 Å². The maximum Gasteiger partial charge on any atom is 0.230 e. The highest BCUT2D eigenvalue weighted by Crippen LogP contribution is 2.26. The first kappa shape index (κ1) is 16.8. The molecule has 0 bridgehead atoms. The van der Waals surface area contributed by atoms with E-state index in [-0.39, 0.29) is 5.91 Å². The summed E-state index contributed by atoms with van der Waals surface area (Å²) in [6.07, 6.45) is 0.320. The quantitative estimate of drug-likeness (QED) is 0.487. The zero-order chi connectivity index (χ0) is 17.9. The Labute approximate surface area is 160 Å². The minimum atomic E-state index is -0.0720. The Bertz CT molecular complexity index is 1070. The Morgan fingerprint density at radius 2 is 1.77 bits per heavy atom. The molecule has 0 saturated heterocycles. The summed E-state index contributed by atoms with van der Waals surface area (Å²) in [6, 6.07) is 21.7. The van der Waals surface area contributed by atoms with E-state index in [1.165, 1.54) is 16.7 Å². The average Bonchev–Trinajstić information content (AvgIpc) is 3.10. The lowest BCUT2D eigenvalue weighted by Crippen LogP contribution is -2.14. The van der Waals surface area contributed by atoms with Crippen molar-refractivity contribution in [2.24, 2.45) is 0 Å². The highest BCUT2D eigenvalue weighted by atomic mass is 35.5. The molecule has 26 heavy (non-hydrogen) atoms. The number of benzene rings is 3. The molecule has 0 spiro atoms. The van der Waals surface area contributed by atoms with Gasteiger partial charge in [0.2, 0.25) is 5.91 Å². The average molecular weight is 379 g/mol. The van der Waals surface area contributed by atoms with E-state index in [0.29, 0.717) is 16.6 Å². The Balaban J connectivity index is 1.45. The lowest BCUT2D eigenvalue weighted by molar-refractivity contribution is -0.115. The van der Waals surface area contributed by atoms with Crippen LogP contribution in [-0.4, -0.2) is 10.9 Å². The Morgan fingerprint density at radius 1 is 1.00 bits per heavy atom. The predicted octanol–water partition coefficient (Wildman–Crippen LogP) is 5.80. The van der Waals surface area contributed by atoms with E-state index in [1.54, 1.807) is 0 Å². The molecule has 1 N–H and O–H groups in total. The zero-order valence-electron chi connectivity index (χ0n) is 13.8. The van der Waals surface area contributed by atoms with E-state index >= 15 is 0 Å². The molecule has 4 aromatic rings. The molecular formula is C21H15ClN2OS. The fourth-order valence-corrected chi connectivity index (χ4v) is 3.64. The molecule has 1 aromatic heterocycles. The second-order valence-electron chi connectivity index (χ2n) is 5.95. The minimum absolute atomic E-state index is 0.0720. The molecule has 0 radical (unpaired) electrons. The van der Waals surface area contributed by atoms with Gasteiger partial charge in [0.25, 0.3) is 0 Å². The number of halogens is 1. The summed E-state index contributed by atoms with van der Waals surface area (Å²) in [4.78, 5) is 16.8. The molecule has 0 fully saturated rings. The third-order valence-corrected chi connectivity index (χ3v) is 5.08. The van der Waals surface area contributed by atoms with Gasteiger partial charge in [-0.2, -0.15) is 0 Å². The largest absolute Gasteiger partial charge is 0.302 e. The number of aromatic nitrogens is 1. The third kappa shape index (κ3) is 3.77. The van der Waals surface area contributed by atoms with Crippen molar-refractivity contribution in [1.29, 1.82) is 0 Å². The highest BCUT2D eigenvalue weighted by Gasteiger charge is 2.09. The van der Waals surface area contributed by atoms with Crippen LogP contribution in [0.15, 0.2) is 72.1 Å². The van der Waals surface area contributed by atoms with E-state index in [1.807, 2.05) is 53.9 Å². The molecule has 0 aliphatic carbocycles. The van der Waals surface area contributed by atoms with Crippen molar-refractivity contribution >= 4 is 44.7 Å². The molecular weight excluding hydrogens is 364 g/mol. The predicted molar refractivity (Wildman–Crippen MR) is 109 cm³/mol. The summed E-state index contributed by atoms with van der Waals surface area (Å²) in [7, 11) is 0. The fraction of sp³-hybridized carbons (Fsp3) is 0.0476. The standard InChI is InChI=1S/C21H15ClN2OS/c22-18-9-7-16(8-10-18)19-13-26-21(23-19)24-20(25)12-14-5-6-15-3-1-2-4-17(15)11-14/h1-11,13H,12H2,(H,23,24,25). The SMILES string of the molecule is O=C(Cc1ccc2ccccc2c1)Nc1nc(-c2ccc(Cl)cc2)cs1. The van der Waals surface area contributed by atoms with Gasteiger partial charge in [-0.15, -0.1) is 11.3 Å². The molecule has 5 heteroatoms. The van der Waals surface area contributed by atoms with Gasteiger partial charge >= 0.3 is 0 Å². The fourth-order valence-electron chi connectivity index (χ4n) is 2.78. The van der Waals surface area contributed by atoms with Crippen molar-refractivity contribution in [1.82, 2.24) is 4.98 Å². The Kier molecular flexibility index (Phi) is 4.69. The zero-order valence-corrected chi connectivity index (χ0v) is 15.3. The van der Waals surface area contributed by atoms with Crippen LogP contribution in [-0.2, 0) is 11.2 Å². The second kappa shape index (κ2) is 7.28. The molecule has 0 saturated carbocycles. The molecule has 3 aromatic carbocycles. The molecule has 1 amide bonds. The smallest absolute Gasteiger partial charge is 0.230 e. The summed E-state index contributed by atoms with van der Waals surface area (Å²) >= 11 is 7.33. The van der Waals surface area contributed by atoms with Gasteiger partial charge in [-0.25, -0.2) is 4.98 Å². The maximum absolute atomic E-state index is 12.3. The molecule has 0 unspecified atom stereocenters. The molecule has 0 aliphatic rings. The summed E-state index contributed by atoms with van der Waals surface area (Å²) in [5, 5.41) is 8.40. The Hall–Kier alpha value is -2.69. The van der Waals surface area contributed by atoms with E-state index in [9.17, 15) is 4.79 Å². The highest BCUT2D eigenvalue weighted by molar-refractivity contribution is 7.14. The van der Waals surface area contributed by atoms with E-state index in [4.69, 9.17) is 11.6 Å². The molecule has 1 heterocycles. The maximum atomic E-state index is 12.3. The Morgan fingerprint density at radius 3 is 2.58 bits per heavy atom. The summed E-state index contributed by atoms with van der Waals surface area (Å²) in [5.74, 6) is -0.0720. The number of nitrogens with one attached hydrogen (secondary N) is 1. The number of thiazole rings is 1. The number of nitrogens with zero attached hydrogens (tertiary/aromatic N) is 1. The van der Waals surface area contributed by atoms with Gasteiger partial charge in [0.15, 0.2) is 5.13 Å². The number of hydrogen-bond donors (Lipinski definition) is 1. The number of carbonyl (C=O) groups excluding carboxylic acids is 1. The summed E-state index contributed by atoms with van der Waals surface area (Å²) in [6.45, 7) is 0. The van der Waals surface area contributed by atoms with Gasteiger partial charge in [-0.05, 0) is 28.5 Å². The van der Waals surface area contributed by atoms with Crippen LogP contribution in [0, 0.1) is 0 Å². The second-order valence-corrected chi connectivity index (χ2v) is 7.25. The third-order valence-electron chi connectivity index (χ3n) is 4.07. The summed E-state index contributed by atoms with van der Waals surface area (Å²) < 4.78 is 0. The van der Waals surface area contributed by atoms with Gasteiger partial charge in [-0.1, -0.05) is 66.2 Å². The van der Waals surface area contributed by atoms with Crippen LogP contribution in [0.1, 0.15) is 5.56 Å². The van der Waals surface area contributed by atoms with E-state index in [0.717, 1.165) is 22.2 Å². The first-order valence-corrected chi connectivity index (χ1v) is 9.42. The normalized spacial score (nSPS) is 10.8. The topological polar surface area (TPSA) is 42.0 Å². The van der Waals surface area contributed by atoms with E-state index < -0.39 is 0 Å². The summed E-state index contributed by atoms with van der Waals surface area (Å²) in [5.41, 5.74) is 2.78. The number of anilines is 1. The van der Waals surface area contributed by atoms with E-state index in [2.05, 4.69) is 28.5 Å². The minimum Gasteiger partial charge on any atom is -0.302 e. The first-order valence-electron chi connectivity index (χ1n) is 8.16. The lowest BCUT2D eigenvalue weighted by atomic mass is 10.1. The van der Waals surface area contributed by atoms with Crippen LogP contribution in [0.25, 0.3) is 22.0 Å². The van der Waals surface area contributed by atoms with Crippen molar-refractivity contribution in [3.63, 3.8) is 0 Å². The molecule has 0 aliphatic heterocycles. The van der Waals surface area contributed by atoms with Crippen molar-refractivity contribution in [2.45, 2.75) is 6.42 Å². The van der Waals surface area contributed by atoms with Gasteiger partial charge < -0.3 is 5.32 Å². The van der Waals surface area contributed by atoms with Crippen LogP contribution in [0.5, 0.6) is 0 Å².